The van der Waals surface area contributed by atoms with Crippen LogP contribution in [-0.2, 0) is 4.79 Å². The Morgan fingerprint density at radius 2 is 2.06 bits per heavy atom. The first-order chi connectivity index (χ1) is 8.59. The summed E-state index contributed by atoms with van der Waals surface area (Å²) in [7, 11) is 0. The number of hydrogen-bond donors (Lipinski definition) is 2. The zero-order valence-corrected chi connectivity index (χ0v) is 12.1. The molecule has 1 unspecified atom stereocenters. The van der Waals surface area contributed by atoms with Gasteiger partial charge in [0, 0.05) is 13.0 Å². The summed E-state index contributed by atoms with van der Waals surface area (Å²) in [5.74, 6) is 0.853. The smallest absolute Gasteiger partial charge is 0.220 e. The molecule has 0 aromatic heterocycles. The van der Waals surface area contributed by atoms with Crippen molar-refractivity contribution in [1.29, 1.82) is 0 Å². The zero-order chi connectivity index (χ0) is 13.4. The lowest BCUT2D eigenvalue weighted by Crippen LogP contribution is -2.40. The molecule has 0 aromatic carbocycles. The highest BCUT2D eigenvalue weighted by Gasteiger charge is 2.31. The molecule has 0 saturated heterocycles. The van der Waals surface area contributed by atoms with Crippen LogP contribution >= 0.6 is 0 Å². The maximum absolute atomic E-state index is 11.8. The number of hydrogen-bond acceptors (Lipinski definition) is 2. The average Bonchev–Trinajstić information content (AvgIpc) is 2.31. The molecule has 18 heavy (non-hydrogen) atoms. The molecule has 3 N–H and O–H groups in total. The minimum Gasteiger partial charge on any atom is -0.356 e. The van der Waals surface area contributed by atoms with Crippen LogP contribution in [-0.4, -0.2) is 19.0 Å². The van der Waals surface area contributed by atoms with Crippen LogP contribution in [0.4, 0.5) is 0 Å². The highest BCUT2D eigenvalue weighted by atomic mass is 16.1. The van der Waals surface area contributed by atoms with E-state index in [-0.39, 0.29) is 5.91 Å². The number of nitrogens with two attached hydrogens (primary N) is 1. The molecule has 1 rings (SSSR count). The van der Waals surface area contributed by atoms with Crippen molar-refractivity contribution in [2.45, 2.75) is 65.2 Å². The molecule has 1 saturated carbocycles. The fraction of sp³-hybridized carbons (Fsp3) is 0.933. The van der Waals surface area contributed by atoms with E-state index in [0.29, 0.717) is 17.8 Å². The molecule has 1 fully saturated rings. The SMILES string of the molecule is CCCC(CCN)CCC(=O)NCC1(C)CCC1. The van der Waals surface area contributed by atoms with Gasteiger partial charge in [-0.15, -0.1) is 0 Å². The van der Waals surface area contributed by atoms with Gasteiger partial charge < -0.3 is 11.1 Å². The molecule has 106 valence electrons. The molecule has 0 aromatic rings. The molecule has 0 radical (unpaired) electrons. The third-order valence-corrected chi connectivity index (χ3v) is 4.32. The van der Waals surface area contributed by atoms with Crippen LogP contribution in [0.3, 0.4) is 0 Å². The molecule has 1 aliphatic rings. The second-order valence-electron chi connectivity index (χ2n) is 6.21. The van der Waals surface area contributed by atoms with Crippen LogP contribution in [0.2, 0.25) is 0 Å². The van der Waals surface area contributed by atoms with E-state index in [0.717, 1.165) is 25.9 Å². The summed E-state index contributed by atoms with van der Waals surface area (Å²) < 4.78 is 0. The lowest BCUT2D eigenvalue weighted by Gasteiger charge is -2.38. The molecular weight excluding hydrogens is 224 g/mol. The van der Waals surface area contributed by atoms with Gasteiger partial charge in [-0.05, 0) is 43.6 Å². The summed E-state index contributed by atoms with van der Waals surface area (Å²) >= 11 is 0. The molecule has 1 amide bonds. The summed E-state index contributed by atoms with van der Waals surface area (Å²) in [5.41, 5.74) is 5.99. The van der Waals surface area contributed by atoms with Crippen LogP contribution in [0.1, 0.15) is 65.2 Å². The Balaban J connectivity index is 2.14. The molecule has 1 aliphatic carbocycles. The van der Waals surface area contributed by atoms with Crippen molar-refractivity contribution in [3.63, 3.8) is 0 Å². The molecule has 0 heterocycles. The van der Waals surface area contributed by atoms with Gasteiger partial charge in [-0.25, -0.2) is 0 Å². The number of rotatable bonds is 9. The molecule has 1 atom stereocenters. The summed E-state index contributed by atoms with van der Waals surface area (Å²) in [5, 5.41) is 3.09. The lowest BCUT2D eigenvalue weighted by atomic mass is 9.70. The van der Waals surface area contributed by atoms with Crippen molar-refractivity contribution < 1.29 is 4.79 Å². The van der Waals surface area contributed by atoms with E-state index in [4.69, 9.17) is 5.73 Å². The normalized spacial score (nSPS) is 19.1. The Labute approximate surface area is 112 Å². The van der Waals surface area contributed by atoms with Gasteiger partial charge >= 0.3 is 0 Å². The van der Waals surface area contributed by atoms with Gasteiger partial charge in [0.25, 0.3) is 0 Å². The predicted octanol–water partition coefficient (Wildman–Crippen LogP) is 2.84. The minimum absolute atomic E-state index is 0.223. The van der Waals surface area contributed by atoms with Gasteiger partial charge in [-0.2, -0.15) is 0 Å². The van der Waals surface area contributed by atoms with E-state index >= 15 is 0 Å². The van der Waals surface area contributed by atoms with Gasteiger partial charge in [0.1, 0.15) is 0 Å². The van der Waals surface area contributed by atoms with Crippen molar-refractivity contribution in [2.24, 2.45) is 17.1 Å². The van der Waals surface area contributed by atoms with Crippen LogP contribution in [0.15, 0.2) is 0 Å². The Bertz CT molecular complexity index is 243. The van der Waals surface area contributed by atoms with E-state index in [1.165, 1.54) is 32.1 Å². The Hall–Kier alpha value is -0.570. The monoisotopic (exact) mass is 254 g/mol. The van der Waals surface area contributed by atoms with Crippen molar-refractivity contribution >= 4 is 5.91 Å². The Kier molecular flexibility index (Phi) is 6.69. The fourth-order valence-corrected chi connectivity index (χ4v) is 2.77. The third kappa shape index (κ3) is 5.38. The van der Waals surface area contributed by atoms with E-state index in [1.807, 2.05) is 0 Å². The highest BCUT2D eigenvalue weighted by molar-refractivity contribution is 5.75. The fourth-order valence-electron chi connectivity index (χ4n) is 2.77. The summed E-state index contributed by atoms with van der Waals surface area (Å²) in [4.78, 5) is 11.8. The van der Waals surface area contributed by atoms with Gasteiger partial charge in [0.2, 0.25) is 5.91 Å². The highest BCUT2D eigenvalue weighted by Crippen LogP contribution is 2.39. The molecule has 0 spiro atoms. The summed E-state index contributed by atoms with van der Waals surface area (Å²) in [6, 6.07) is 0. The Morgan fingerprint density at radius 1 is 1.33 bits per heavy atom. The van der Waals surface area contributed by atoms with Crippen molar-refractivity contribution in [3.8, 4) is 0 Å². The topological polar surface area (TPSA) is 55.1 Å². The number of nitrogens with one attached hydrogen (secondary N) is 1. The van der Waals surface area contributed by atoms with Crippen LogP contribution in [0, 0.1) is 11.3 Å². The maximum Gasteiger partial charge on any atom is 0.220 e. The zero-order valence-electron chi connectivity index (χ0n) is 12.1. The van der Waals surface area contributed by atoms with Gasteiger partial charge in [0.05, 0.1) is 0 Å². The van der Waals surface area contributed by atoms with Crippen molar-refractivity contribution in [3.05, 3.63) is 0 Å². The van der Waals surface area contributed by atoms with E-state index in [9.17, 15) is 4.79 Å². The van der Waals surface area contributed by atoms with Gasteiger partial charge in [-0.3, -0.25) is 4.79 Å². The van der Waals surface area contributed by atoms with E-state index in [1.54, 1.807) is 0 Å². The number of carbonyl (C=O) groups excluding carboxylic acids is 1. The van der Waals surface area contributed by atoms with E-state index < -0.39 is 0 Å². The van der Waals surface area contributed by atoms with Crippen LogP contribution < -0.4 is 11.1 Å². The molecule has 0 bridgehead atoms. The average molecular weight is 254 g/mol. The maximum atomic E-state index is 11.8. The van der Waals surface area contributed by atoms with Gasteiger partial charge in [-0.1, -0.05) is 33.1 Å². The molecule has 3 heteroatoms. The third-order valence-electron chi connectivity index (χ3n) is 4.32. The van der Waals surface area contributed by atoms with Crippen LogP contribution in [0.5, 0.6) is 0 Å². The first-order valence-electron chi connectivity index (χ1n) is 7.56. The van der Waals surface area contributed by atoms with E-state index in [2.05, 4.69) is 19.2 Å². The van der Waals surface area contributed by atoms with Crippen molar-refractivity contribution in [1.82, 2.24) is 5.32 Å². The summed E-state index contributed by atoms with van der Waals surface area (Å²) in [6.07, 6.45) is 8.94. The van der Waals surface area contributed by atoms with Crippen LogP contribution in [0.25, 0.3) is 0 Å². The second-order valence-corrected chi connectivity index (χ2v) is 6.21. The Morgan fingerprint density at radius 3 is 2.56 bits per heavy atom. The summed E-state index contributed by atoms with van der Waals surface area (Å²) in [6.45, 7) is 6.07. The second kappa shape index (κ2) is 7.78. The predicted molar refractivity (Wildman–Crippen MR) is 76.3 cm³/mol. The largest absolute Gasteiger partial charge is 0.356 e. The minimum atomic E-state index is 0.223. The quantitative estimate of drug-likeness (QED) is 0.665. The first kappa shape index (κ1) is 15.5. The number of amides is 1. The standard InChI is InChI=1S/C15H30N2O/c1-3-5-13(8-11-16)6-7-14(18)17-12-15(2)9-4-10-15/h13H,3-12,16H2,1-2H3,(H,17,18). The molecular formula is C15H30N2O. The molecule has 3 nitrogen and oxygen atoms in total. The molecule has 0 aliphatic heterocycles. The van der Waals surface area contributed by atoms with Crippen molar-refractivity contribution in [2.75, 3.05) is 13.1 Å². The number of carbonyl (C=O) groups is 1. The van der Waals surface area contributed by atoms with Gasteiger partial charge in [0.15, 0.2) is 0 Å². The first-order valence-corrected chi connectivity index (χ1v) is 7.56. The lowest BCUT2D eigenvalue weighted by molar-refractivity contribution is -0.122.